The number of hydrogen-bond donors (Lipinski definition) is 2. The van der Waals surface area contributed by atoms with Gasteiger partial charge in [0.25, 0.3) is 5.91 Å². The van der Waals surface area contributed by atoms with Crippen molar-refractivity contribution in [2.75, 3.05) is 13.1 Å². The van der Waals surface area contributed by atoms with Crippen LogP contribution in [0, 0.1) is 13.8 Å². The lowest BCUT2D eigenvalue weighted by molar-refractivity contribution is 0.0923. The van der Waals surface area contributed by atoms with Crippen LogP contribution in [0.3, 0.4) is 0 Å². The molecule has 0 unspecified atom stereocenters. The van der Waals surface area contributed by atoms with Crippen molar-refractivity contribution in [3.05, 3.63) is 71.5 Å². The standard InChI is InChI=1S/C25H25N5O2/c1-15-9-18(7-8-22(15)25(31)28-19-12-26-13-19)17-5-4-6-20(10-17)32-21-11-23-24(27-14-21)16(2)29-30(23)3/h4-11,14,19,26H,12-13H2,1-3H3,(H,28,31). The number of rotatable bonds is 5. The topological polar surface area (TPSA) is 81.1 Å². The number of aryl methyl sites for hydroxylation is 3. The Morgan fingerprint density at radius 3 is 2.66 bits per heavy atom. The van der Waals surface area contributed by atoms with Gasteiger partial charge in [-0.2, -0.15) is 5.10 Å². The highest BCUT2D eigenvalue weighted by atomic mass is 16.5. The molecule has 4 aromatic rings. The molecule has 7 nitrogen and oxygen atoms in total. The van der Waals surface area contributed by atoms with Crippen LogP contribution in [0.15, 0.2) is 54.7 Å². The Morgan fingerprint density at radius 1 is 1.09 bits per heavy atom. The first kappa shape index (κ1) is 20.2. The van der Waals surface area contributed by atoms with Gasteiger partial charge in [-0.05, 0) is 48.7 Å². The van der Waals surface area contributed by atoms with Crippen LogP contribution in [0.2, 0.25) is 0 Å². The van der Waals surface area contributed by atoms with E-state index in [1.807, 2.05) is 74.1 Å². The quantitative estimate of drug-likeness (QED) is 0.507. The highest BCUT2D eigenvalue weighted by molar-refractivity contribution is 5.96. The van der Waals surface area contributed by atoms with Gasteiger partial charge in [-0.1, -0.05) is 24.3 Å². The molecule has 5 rings (SSSR count). The number of pyridine rings is 1. The highest BCUT2D eigenvalue weighted by Crippen LogP contribution is 2.30. The van der Waals surface area contributed by atoms with Crippen LogP contribution in [0.5, 0.6) is 11.5 Å². The summed E-state index contributed by atoms with van der Waals surface area (Å²) in [6.45, 7) is 5.58. The maximum absolute atomic E-state index is 12.5. The van der Waals surface area contributed by atoms with Crippen molar-refractivity contribution >= 4 is 16.9 Å². The lowest BCUT2D eigenvalue weighted by Crippen LogP contribution is -2.57. The van der Waals surface area contributed by atoms with Crippen LogP contribution in [0.25, 0.3) is 22.2 Å². The zero-order valence-electron chi connectivity index (χ0n) is 18.3. The van der Waals surface area contributed by atoms with E-state index in [9.17, 15) is 4.79 Å². The lowest BCUT2D eigenvalue weighted by atomic mass is 9.99. The maximum atomic E-state index is 12.5. The van der Waals surface area contributed by atoms with Crippen LogP contribution in [-0.4, -0.2) is 39.8 Å². The summed E-state index contributed by atoms with van der Waals surface area (Å²) in [6.07, 6.45) is 1.72. The molecule has 2 aromatic heterocycles. The number of carbonyl (C=O) groups excluding carboxylic acids is 1. The summed E-state index contributed by atoms with van der Waals surface area (Å²) in [6, 6.07) is 16.0. The van der Waals surface area contributed by atoms with Crippen LogP contribution in [0.1, 0.15) is 21.6 Å². The second kappa shape index (κ2) is 8.09. The van der Waals surface area contributed by atoms with E-state index in [4.69, 9.17) is 4.74 Å². The minimum atomic E-state index is -0.0223. The SMILES string of the molecule is Cc1cc(-c2cccc(Oc3cnc4c(C)nn(C)c4c3)c2)ccc1C(=O)NC1CNC1. The Bertz CT molecular complexity index is 1320. The predicted octanol–water partition coefficient (Wildman–Crippen LogP) is 3.75. The molecular weight excluding hydrogens is 402 g/mol. The van der Waals surface area contributed by atoms with Gasteiger partial charge in [-0.25, -0.2) is 4.98 Å². The van der Waals surface area contributed by atoms with Crippen molar-refractivity contribution in [1.82, 2.24) is 25.4 Å². The third kappa shape index (κ3) is 3.83. The molecule has 2 aromatic carbocycles. The van der Waals surface area contributed by atoms with Gasteiger partial charge in [0.1, 0.15) is 17.0 Å². The highest BCUT2D eigenvalue weighted by Gasteiger charge is 2.20. The molecule has 0 spiro atoms. The van der Waals surface area contributed by atoms with E-state index in [0.29, 0.717) is 11.3 Å². The summed E-state index contributed by atoms with van der Waals surface area (Å²) in [4.78, 5) is 17.0. The second-order valence-corrected chi connectivity index (χ2v) is 8.24. The van der Waals surface area contributed by atoms with Gasteiger partial charge >= 0.3 is 0 Å². The molecule has 7 heteroatoms. The third-order valence-corrected chi connectivity index (χ3v) is 5.82. The smallest absolute Gasteiger partial charge is 0.251 e. The van der Waals surface area contributed by atoms with Crippen LogP contribution in [0.4, 0.5) is 0 Å². The van der Waals surface area contributed by atoms with E-state index in [-0.39, 0.29) is 11.9 Å². The number of hydrogen-bond acceptors (Lipinski definition) is 5. The molecular formula is C25H25N5O2. The second-order valence-electron chi connectivity index (χ2n) is 8.24. The maximum Gasteiger partial charge on any atom is 0.251 e. The van der Waals surface area contributed by atoms with Gasteiger partial charge in [0.2, 0.25) is 0 Å². The summed E-state index contributed by atoms with van der Waals surface area (Å²) in [7, 11) is 1.90. The Labute approximate surface area is 186 Å². The molecule has 0 aliphatic carbocycles. The van der Waals surface area contributed by atoms with E-state index < -0.39 is 0 Å². The lowest BCUT2D eigenvalue weighted by Gasteiger charge is -2.28. The number of fused-ring (bicyclic) bond motifs is 1. The number of aromatic nitrogens is 3. The molecule has 2 N–H and O–H groups in total. The number of carbonyl (C=O) groups is 1. The van der Waals surface area contributed by atoms with Crippen molar-refractivity contribution in [3.63, 3.8) is 0 Å². The van der Waals surface area contributed by atoms with E-state index in [0.717, 1.165) is 52.3 Å². The Kier molecular flexibility index (Phi) is 5.11. The van der Waals surface area contributed by atoms with Crippen LogP contribution in [-0.2, 0) is 7.05 Å². The predicted molar refractivity (Wildman–Crippen MR) is 124 cm³/mol. The molecule has 0 radical (unpaired) electrons. The minimum Gasteiger partial charge on any atom is -0.456 e. The number of amides is 1. The summed E-state index contributed by atoms with van der Waals surface area (Å²) in [5, 5.41) is 10.6. The molecule has 32 heavy (non-hydrogen) atoms. The molecule has 1 fully saturated rings. The largest absolute Gasteiger partial charge is 0.456 e. The van der Waals surface area contributed by atoms with Crippen LogP contribution < -0.4 is 15.4 Å². The molecule has 0 bridgehead atoms. The third-order valence-electron chi connectivity index (χ3n) is 5.82. The number of nitrogens with zero attached hydrogens (tertiary/aromatic N) is 3. The van der Waals surface area contributed by atoms with Gasteiger partial charge in [0.05, 0.1) is 23.4 Å². The first-order valence-electron chi connectivity index (χ1n) is 10.7. The zero-order chi connectivity index (χ0) is 22.2. The molecule has 0 saturated carbocycles. The van der Waals surface area contributed by atoms with E-state index in [1.54, 1.807) is 6.20 Å². The fourth-order valence-electron chi connectivity index (χ4n) is 3.97. The molecule has 1 aliphatic heterocycles. The van der Waals surface area contributed by atoms with Gasteiger partial charge in [0, 0.05) is 31.8 Å². The molecule has 0 atom stereocenters. The zero-order valence-corrected chi connectivity index (χ0v) is 18.3. The molecule has 3 heterocycles. The number of ether oxygens (including phenoxy) is 1. The van der Waals surface area contributed by atoms with Crippen molar-refractivity contribution < 1.29 is 9.53 Å². The average Bonchev–Trinajstić information content (AvgIpc) is 3.04. The fraction of sp³-hybridized carbons (Fsp3) is 0.240. The molecule has 1 saturated heterocycles. The van der Waals surface area contributed by atoms with Crippen molar-refractivity contribution in [3.8, 4) is 22.6 Å². The molecule has 162 valence electrons. The Balaban J connectivity index is 1.37. The first-order valence-corrected chi connectivity index (χ1v) is 10.7. The normalized spacial score (nSPS) is 13.7. The Hall–Kier alpha value is -3.71. The van der Waals surface area contributed by atoms with Crippen molar-refractivity contribution in [2.24, 2.45) is 7.05 Å². The van der Waals surface area contributed by atoms with Gasteiger partial charge in [-0.3, -0.25) is 9.48 Å². The van der Waals surface area contributed by atoms with E-state index in [2.05, 4.69) is 20.7 Å². The summed E-state index contributed by atoms with van der Waals surface area (Å²) in [5.41, 5.74) is 6.41. The number of nitrogens with one attached hydrogen (secondary N) is 2. The monoisotopic (exact) mass is 427 g/mol. The van der Waals surface area contributed by atoms with Gasteiger partial charge in [0.15, 0.2) is 0 Å². The van der Waals surface area contributed by atoms with Gasteiger partial charge in [-0.15, -0.1) is 0 Å². The number of benzene rings is 2. The fourth-order valence-corrected chi connectivity index (χ4v) is 3.97. The Morgan fingerprint density at radius 2 is 1.91 bits per heavy atom. The molecule has 1 amide bonds. The van der Waals surface area contributed by atoms with Crippen molar-refractivity contribution in [1.29, 1.82) is 0 Å². The molecule has 1 aliphatic rings. The summed E-state index contributed by atoms with van der Waals surface area (Å²) in [5.74, 6) is 1.36. The van der Waals surface area contributed by atoms with E-state index in [1.165, 1.54) is 0 Å². The summed E-state index contributed by atoms with van der Waals surface area (Å²) < 4.78 is 7.90. The minimum absolute atomic E-state index is 0.0223. The average molecular weight is 428 g/mol. The van der Waals surface area contributed by atoms with Crippen molar-refractivity contribution in [2.45, 2.75) is 19.9 Å². The first-order chi connectivity index (χ1) is 15.5. The van der Waals surface area contributed by atoms with Gasteiger partial charge < -0.3 is 15.4 Å². The summed E-state index contributed by atoms with van der Waals surface area (Å²) >= 11 is 0. The van der Waals surface area contributed by atoms with Crippen LogP contribution >= 0.6 is 0 Å². The van der Waals surface area contributed by atoms with E-state index >= 15 is 0 Å².